The topological polar surface area (TPSA) is 66.8 Å². The molecule has 20 heavy (non-hydrogen) atoms. The van der Waals surface area contributed by atoms with Crippen molar-refractivity contribution >= 4 is 17.4 Å². The molecule has 0 saturated carbocycles. The summed E-state index contributed by atoms with van der Waals surface area (Å²) in [7, 11) is 0. The molecule has 1 unspecified atom stereocenters. The molecule has 0 bridgehead atoms. The standard InChI is InChI=1S/C15H17NO4/c1-11(12-5-3-2-4-6-12)9-14(17)16-7-8-20-10-13(16)15(18)19/h2-6,9,13H,7-8,10H2,1H3,(H,18,19). The van der Waals surface area contributed by atoms with Crippen molar-refractivity contribution < 1.29 is 19.4 Å². The molecule has 1 fully saturated rings. The first-order valence-corrected chi connectivity index (χ1v) is 6.44. The lowest BCUT2D eigenvalue weighted by atomic mass is 10.1. The molecule has 1 N–H and O–H groups in total. The predicted octanol–water partition coefficient (Wildman–Crippen LogP) is 1.40. The number of rotatable bonds is 3. The highest BCUT2D eigenvalue weighted by Gasteiger charge is 2.31. The lowest BCUT2D eigenvalue weighted by Gasteiger charge is -2.32. The highest BCUT2D eigenvalue weighted by molar-refractivity contribution is 5.97. The number of ether oxygens (including phenoxy) is 1. The average molecular weight is 275 g/mol. The number of allylic oxidation sites excluding steroid dienone is 1. The Bertz CT molecular complexity index is 524. The van der Waals surface area contributed by atoms with Gasteiger partial charge in [0.05, 0.1) is 13.2 Å². The van der Waals surface area contributed by atoms with Crippen molar-refractivity contribution in [3.05, 3.63) is 42.0 Å². The van der Waals surface area contributed by atoms with E-state index in [9.17, 15) is 9.59 Å². The Morgan fingerprint density at radius 3 is 2.70 bits per heavy atom. The molecular formula is C15H17NO4. The van der Waals surface area contributed by atoms with Crippen molar-refractivity contribution in [2.45, 2.75) is 13.0 Å². The van der Waals surface area contributed by atoms with Gasteiger partial charge in [0.15, 0.2) is 6.04 Å². The second-order valence-electron chi connectivity index (χ2n) is 4.65. The third-order valence-electron chi connectivity index (χ3n) is 3.27. The fourth-order valence-corrected chi connectivity index (χ4v) is 2.12. The lowest BCUT2D eigenvalue weighted by Crippen LogP contribution is -2.52. The van der Waals surface area contributed by atoms with Crippen LogP contribution in [-0.2, 0) is 14.3 Å². The summed E-state index contributed by atoms with van der Waals surface area (Å²) in [6, 6.07) is 8.61. The SMILES string of the molecule is CC(=CC(=O)N1CCOCC1C(=O)O)c1ccccc1. The highest BCUT2D eigenvalue weighted by Crippen LogP contribution is 2.15. The van der Waals surface area contributed by atoms with Crippen molar-refractivity contribution in [1.29, 1.82) is 0 Å². The summed E-state index contributed by atoms with van der Waals surface area (Å²) in [5.74, 6) is -1.33. The van der Waals surface area contributed by atoms with E-state index in [-0.39, 0.29) is 12.5 Å². The summed E-state index contributed by atoms with van der Waals surface area (Å²) in [5, 5.41) is 9.11. The predicted molar refractivity (Wildman–Crippen MR) is 74.0 cm³/mol. The molecule has 0 spiro atoms. The molecule has 5 heteroatoms. The number of amides is 1. The lowest BCUT2D eigenvalue weighted by molar-refractivity contribution is -0.156. The van der Waals surface area contributed by atoms with Gasteiger partial charge < -0.3 is 14.7 Å². The molecule has 1 aliphatic heterocycles. The summed E-state index contributed by atoms with van der Waals surface area (Å²) in [5.41, 5.74) is 1.76. The maximum Gasteiger partial charge on any atom is 0.328 e. The van der Waals surface area contributed by atoms with Crippen LogP contribution in [0.4, 0.5) is 0 Å². The largest absolute Gasteiger partial charge is 0.480 e. The van der Waals surface area contributed by atoms with Gasteiger partial charge >= 0.3 is 5.97 Å². The summed E-state index contributed by atoms with van der Waals surface area (Å²) in [6.07, 6.45) is 1.48. The summed E-state index contributed by atoms with van der Waals surface area (Å²) in [4.78, 5) is 24.7. The Morgan fingerprint density at radius 2 is 2.05 bits per heavy atom. The number of carboxylic acid groups (broad SMARTS) is 1. The Balaban J connectivity index is 2.16. The molecule has 1 aromatic carbocycles. The summed E-state index contributed by atoms with van der Waals surface area (Å²) < 4.78 is 5.12. The maximum absolute atomic E-state index is 12.2. The van der Waals surface area contributed by atoms with Crippen LogP contribution in [-0.4, -0.2) is 47.7 Å². The smallest absolute Gasteiger partial charge is 0.328 e. The minimum Gasteiger partial charge on any atom is -0.480 e. The number of aliphatic carboxylic acids is 1. The molecular weight excluding hydrogens is 258 g/mol. The van der Waals surface area contributed by atoms with Crippen molar-refractivity contribution in [2.75, 3.05) is 19.8 Å². The van der Waals surface area contributed by atoms with Gasteiger partial charge in [0.25, 0.3) is 0 Å². The van der Waals surface area contributed by atoms with Crippen LogP contribution in [0.3, 0.4) is 0 Å². The number of benzene rings is 1. The molecule has 2 rings (SSSR count). The Morgan fingerprint density at radius 1 is 1.35 bits per heavy atom. The number of carbonyl (C=O) groups excluding carboxylic acids is 1. The molecule has 1 amide bonds. The molecule has 5 nitrogen and oxygen atoms in total. The van der Waals surface area contributed by atoms with Crippen LogP contribution in [0.1, 0.15) is 12.5 Å². The van der Waals surface area contributed by atoms with E-state index < -0.39 is 12.0 Å². The van der Waals surface area contributed by atoms with Crippen molar-refractivity contribution in [2.24, 2.45) is 0 Å². The van der Waals surface area contributed by atoms with Crippen LogP contribution in [0.15, 0.2) is 36.4 Å². The van der Waals surface area contributed by atoms with Gasteiger partial charge in [-0.15, -0.1) is 0 Å². The zero-order valence-corrected chi connectivity index (χ0v) is 11.3. The van der Waals surface area contributed by atoms with Gasteiger partial charge in [-0.1, -0.05) is 30.3 Å². The van der Waals surface area contributed by atoms with E-state index in [1.54, 1.807) is 0 Å². The number of nitrogens with zero attached hydrogens (tertiary/aromatic N) is 1. The minimum absolute atomic E-state index is 0.0410. The second kappa shape index (κ2) is 6.34. The average Bonchev–Trinajstić information content (AvgIpc) is 2.48. The van der Waals surface area contributed by atoms with Gasteiger partial charge in [0.1, 0.15) is 0 Å². The van der Waals surface area contributed by atoms with E-state index in [1.807, 2.05) is 37.3 Å². The van der Waals surface area contributed by atoms with Gasteiger partial charge in [-0.25, -0.2) is 4.79 Å². The van der Waals surface area contributed by atoms with Gasteiger partial charge in [-0.3, -0.25) is 4.79 Å². The van der Waals surface area contributed by atoms with E-state index in [1.165, 1.54) is 11.0 Å². The van der Waals surface area contributed by atoms with Gasteiger partial charge in [-0.05, 0) is 18.1 Å². The van der Waals surface area contributed by atoms with Gasteiger partial charge in [0, 0.05) is 12.6 Å². The van der Waals surface area contributed by atoms with Crippen LogP contribution >= 0.6 is 0 Å². The van der Waals surface area contributed by atoms with Crippen LogP contribution < -0.4 is 0 Å². The van der Waals surface area contributed by atoms with Crippen LogP contribution in [0.2, 0.25) is 0 Å². The molecule has 1 atom stereocenters. The Hall–Kier alpha value is -2.14. The minimum atomic E-state index is -1.04. The Labute approximate surface area is 117 Å². The fourth-order valence-electron chi connectivity index (χ4n) is 2.12. The molecule has 106 valence electrons. The third kappa shape index (κ3) is 3.24. The summed E-state index contributed by atoms with van der Waals surface area (Å²) >= 11 is 0. The molecule has 0 radical (unpaired) electrons. The first-order valence-electron chi connectivity index (χ1n) is 6.44. The number of carboxylic acids is 1. The number of carbonyl (C=O) groups is 2. The van der Waals surface area contributed by atoms with E-state index in [0.29, 0.717) is 13.2 Å². The van der Waals surface area contributed by atoms with E-state index in [0.717, 1.165) is 11.1 Å². The zero-order valence-electron chi connectivity index (χ0n) is 11.3. The fraction of sp³-hybridized carbons (Fsp3) is 0.333. The van der Waals surface area contributed by atoms with Gasteiger partial charge in [0.2, 0.25) is 5.91 Å². The van der Waals surface area contributed by atoms with E-state index in [4.69, 9.17) is 9.84 Å². The number of morpholine rings is 1. The van der Waals surface area contributed by atoms with Crippen molar-refractivity contribution in [3.63, 3.8) is 0 Å². The van der Waals surface area contributed by atoms with Gasteiger partial charge in [-0.2, -0.15) is 0 Å². The quantitative estimate of drug-likeness (QED) is 0.847. The third-order valence-corrected chi connectivity index (χ3v) is 3.27. The zero-order chi connectivity index (χ0) is 14.5. The number of hydrogen-bond acceptors (Lipinski definition) is 3. The van der Waals surface area contributed by atoms with Crippen molar-refractivity contribution in [1.82, 2.24) is 4.90 Å². The molecule has 1 aliphatic rings. The summed E-state index contributed by atoms with van der Waals surface area (Å²) in [6.45, 7) is 2.55. The maximum atomic E-state index is 12.2. The van der Waals surface area contributed by atoms with Crippen LogP contribution in [0.5, 0.6) is 0 Å². The monoisotopic (exact) mass is 275 g/mol. The first-order chi connectivity index (χ1) is 9.59. The van der Waals surface area contributed by atoms with Crippen molar-refractivity contribution in [3.8, 4) is 0 Å². The normalized spacial score (nSPS) is 19.8. The molecule has 0 aliphatic carbocycles. The Kier molecular flexibility index (Phi) is 4.53. The molecule has 0 aromatic heterocycles. The first kappa shape index (κ1) is 14.3. The van der Waals surface area contributed by atoms with E-state index >= 15 is 0 Å². The molecule has 1 heterocycles. The molecule has 1 saturated heterocycles. The number of hydrogen-bond donors (Lipinski definition) is 1. The second-order valence-corrected chi connectivity index (χ2v) is 4.65. The van der Waals surface area contributed by atoms with Crippen LogP contribution in [0.25, 0.3) is 5.57 Å². The highest BCUT2D eigenvalue weighted by atomic mass is 16.5. The van der Waals surface area contributed by atoms with Crippen LogP contribution in [0, 0.1) is 0 Å². The van der Waals surface area contributed by atoms with E-state index in [2.05, 4.69) is 0 Å². The molecule has 1 aromatic rings.